The number of carbonyl (C=O) groups excluding carboxylic acids is 1. The Morgan fingerprint density at radius 2 is 2.25 bits per heavy atom. The van der Waals surface area contributed by atoms with E-state index in [-0.39, 0.29) is 5.91 Å². The lowest BCUT2D eigenvalue weighted by molar-refractivity contribution is -0.133. The van der Waals surface area contributed by atoms with E-state index < -0.39 is 6.04 Å². The second-order valence-corrected chi connectivity index (χ2v) is 3.69. The molecule has 0 radical (unpaired) electrons. The number of amides is 1. The van der Waals surface area contributed by atoms with E-state index in [1.165, 1.54) is 0 Å². The Balaban J connectivity index is 2.66. The van der Waals surface area contributed by atoms with E-state index in [0.29, 0.717) is 19.5 Å². The number of rotatable bonds is 5. The van der Waals surface area contributed by atoms with Crippen LogP contribution in [-0.4, -0.2) is 28.4 Å². The Labute approximate surface area is 96.5 Å². The minimum absolute atomic E-state index is 0.00402. The Kier molecular flexibility index (Phi) is 4.92. The second-order valence-electron chi connectivity index (χ2n) is 3.69. The largest absolute Gasteiger partial charge is 0.336 e. The summed E-state index contributed by atoms with van der Waals surface area (Å²) in [4.78, 5) is 17.8. The summed E-state index contributed by atoms with van der Waals surface area (Å²) in [5.41, 5.74) is 6.62. The van der Waals surface area contributed by atoms with Crippen LogP contribution in [0.5, 0.6) is 0 Å². The Bertz CT molecular complexity index is 326. The molecule has 0 aliphatic rings. The van der Waals surface area contributed by atoms with Crippen molar-refractivity contribution in [1.29, 1.82) is 0 Å². The second kappa shape index (κ2) is 6.23. The fourth-order valence-corrected chi connectivity index (χ4v) is 1.44. The molecule has 1 aromatic rings. The molecule has 0 fully saturated rings. The van der Waals surface area contributed by atoms with Gasteiger partial charge in [0.1, 0.15) is 0 Å². The van der Waals surface area contributed by atoms with Gasteiger partial charge in [-0.15, -0.1) is 0 Å². The number of hydrogen-bond acceptors (Lipinski definition) is 3. The number of aromatic nitrogens is 1. The van der Waals surface area contributed by atoms with Crippen molar-refractivity contribution in [2.45, 2.75) is 32.9 Å². The average molecular weight is 221 g/mol. The predicted octanol–water partition coefficient (Wildman–Crippen LogP) is 1.17. The summed E-state index contributed by atoms with van der Waals surface area (Å²) in [6.45, 7) is 5.05. The number of hydrogen-bond donors (Lipinski definition) is 1. The van der Waals surface area contributed by atoms with Gasteiger partial charge in [0.2, 0.25) is 5.91 Å². The van der Waals surface area contributed by atoms with E-state index in [1.807, 2.05) is 32.0 Å². The molecule has 1 aromatic heterocycles. The molecule has 0 aliphatic heterocycles. The smallest absolute Gasteiger partial charge is 0.239 e. The van der Waals surface area contributed by atoms with Crippen LogP contribution in [0.3, 0.4) is 0 Å². The number of nitrogens with two attached hydrogens (primary N) is 1. The Morgan fingerprint density at radius 1 is 1.50 bits per heavy atom. The van der Waals surface area contributed by atoms with Crippen LogP contribution < -0.4 is 5.73 Å². The minimum Gasteiger partial charge on any atom is -0.336 e. The standard InChI is InChI=1S/C12H19N3O/c1-3-11(13)12(16)15(4-2)9-10-7-5-6-8-14-10/h5-8,11H,3-4,9,13H2,1-2H3/t11-/m0/s1. The maximum atomic E-state index is 11.9. The lowest BCUT2D eigenvalue weighted by Gasteiger charge is -2.23. The first-order chi connectivity index (χ1) is 7.69. The zero-order valence-electron chi connectivity index (χ0n) is 9.89. The van der Waals surface area contributed by atoms with Crippen LogP contribution in [-0.2, 0) is 11.3 Å². The maximum absolute atomic E-state index is 11.9. The van der Waals surface area contributed by atoms with Crippen LogP contribution in [0.4, 0.5) is 0 Å². The Morgan fingerprint density at radius 3 is 2.75 bits per heavy atom. The van der Waals surface area contributed by atoms with E-state index in [1.54, 1.807) is 11.1 Å². The van der Waals surface area contributed by atoms with E-state index in [2.05, 4.69) is 4.98 Å². The molecule has 1 heterocycles. The predicted molar refractivity (Wildman–Crippen MR) is 63.6 cm³/mol. The fourth-order valence-electron chi connectivity index (χ4n) is 1.44. The molecule has 16 heavy (non-hydrogen) atoms. The van der Waals surface area contributed by atoms with Gasteiger partial charge in [-0.05, 0) is 25.5 Å². The molecule has 0 bridgehead atoms. The topological polar surface area (TPSA) is 59.2 Å². The number of pyridine rings is 1. The van der Waals surface area contributed by atoms with Gasteiger partial charge < -0.3 is 10.6 Å². The van der Waals surface area contributed by atoms with Gasteiger partial charge in [0.25, 0.3) is 0 Å². The number of nitrogens with zero attached hydrogens (tertiary/aromatic N) is 2. The molecule has 0 unspecified atom stereocenters. The van der Waals surface area contributed by atoms with Crippen LogP contribution in [0.15, 0.2) is 24.4 Å². The average Bonchev–Trinajstić information content (AvgIpc) is 2.35. The molecule has 4 nitrogen and oxygen atoms in total. The maximum Gasteiger partial charge on any atom is 0.239 e. The minimum atomic E-state index is -0.399. The van der Waals surface area contributed by atoms with Crippen LogP contribution in [0.1, 0.15) is 26.0 Å². The summed E-state index contributed by atoms with van der Waals surface area (Å²) in [7, 11) is 0. The van der Waals surface area contributed by atoms with Crippen molar-refractivity contribution in [3.05, 3.63) is 30.1 Å². The zero-order chi connectivity index (χ0) is 12.0. The summed E-state index contributed by atoms with van der Waals surface area (Å²) in [5.74, 6) is -0.00402. The van der Waals surface area contributed by atoms with E-state index in [9.17, 15) is 4.79 Å². The van der Waals surface area contributed by atoms with E-state index in [0.717, 1.165) is 5.69 Å². The summed E-state index contributed by atoms with van der Waals surface area (Å²) >= 11 is 0. The molecule has 0 spiro atoms. The molecule has 0 saturated carbocycles. The number of likely N-dealkylation sites (N-methyl/N-ethyl adjacent to an activating group) is 1. The highest BCUT2D eigenvalue weighted by Gasteiger charge is 2.18. The monoisotopic (exact) mass is 221 g/mol. The van der Waals surface area contributed by atoms with Crippen molar-refractivity contribution in [2.75, 3.05) is 6.54 Å². The third kappa shape index (κ3) is 3.31. The van der Waals surface area contributed by atoms with Gasteiger partial charge in [0.05, 0.1) is 18.3 Å². The van der Waals surface area contributed by atoms with Crippen molar-refractivity contribution < 1.29 is 4.79 Å². The SMILES string of the molecule is CC[C@H](N)C(=O)N(CC)Cc1ccccn1. The molecule has 0 aliphatic carbocycles. The van der Waals surface area contributed by atoms with Crippen molar-refractivity contribution >= 4 is 5.91 Å². The summed E-state index contributed by atoms with van der Waals surface area (Å²) in [6.07, 6.45) is 2.39. The third-order valence-corrected chi connectivity index (χ3v) is 2.53. The molecular weight excluding hydrogens is 202 g/mol. The molecule has 2 N–H and O–H groups in total. The molecule has 1 rings (SSSR count). The van der Waals surface area contributed by atoms with Crippen LogP contribution in [0.2, 0.25) is 0 Å². The third-order valence-electron chi connectivity index (χ3n) is 2.53. The lowest BCUT2D eigenvalue weighted by Crippen LogP contribution is -2.43. The number of carbonyl (C=O) groups is 1. The van der Waals surface area contributed by atoms with Crippen molar-refractivity contribution in [3.8, 4) is 0 Å². The Hall–Kier alpha value is -1.42. The zero-order valence-corrected chi connectivity index (χ0v) is 9.89. The highest BCUT2D eigenvalue weighted by atomic mass is 16.2. The molecule has 0 aromatic carbocycles. The first-order valence-corrected chi connectivity index (χ1v) is 5.63. The lowest BCUT2D eigenvalue weighted by atomic mass is 10.2. The molecule has 4 heteroatoms. The van der Waals surface area contributed by atoms with Gasteiger partial charge in [0, 0.05) is 12.7 Å². The quantitative estimate of drug-likeness (QED) is 0.812. The van der Waals surface area contributed by atoms with Crippen molar-refractivity contribution in [1.82, 2.24) is 9.88 Å². The molecule has 1 atom stereocenters. The highest BCUT2D eigenvalue weighted by Crippen LogP contribution is 2.04. The van der Waals surface area contributed by atoms with Crippen molar-refractivity contribution in [3.63, 3.8) is 0 Å². The van der Waals surface area contributed by atoms with Gasteiger partial charge >= 0.3 is 0 Å². The molecule has 0 saturated heterocycles. The highest BCUT2D eigenvalue weighted by molar-refractivity contribution is 5.81. The van der Waals surface area contributed by atoms with Gasteiger partial charge in [0.15, 0.2) is 0 Å². The molecular formula is C12H19N3O. The van der Waals surface area contributed by atoms with Crippen molar-refractivity contribution in [2.24, 2.45) is 5.73 Å². The first-order valence-electron chi connectivity index (χ1n) is 5.63. The van der Waals surface area contributed by atoms with Crippen LogP contribution >= 0.6 is 0 Å². The van der Waals surface area contributed by atoms with Gasteiger partial charge in [-0.1, -0.05) is 13.0 Å². The summed E-state index contributed by atoms with van der Waals surface area (Å²) in [5, 5.41) is 0. The van der Waals surface area contributed by atoms with Gasteiger partial charge in [-0.3, -0.25) is 9.78 Å². The van der Waals surface area contributed by atoms with Gasteiger partial charge in [-0.2, -0.15) is 0 Å². The first kappa shape index (κ1) is 12.6. The normalized spacial score (nSPS) is 12.2. The molecule has 88 valence electrons. The van der Waals surface area contributed by atoms with E-state index >= 15 is 0 Å². The van der Waals surface area contributed by atoms with E-state index in [4.69, 9.17) is 5.73 Å². The summed E-state index contributed by atoms with van der Waals surface area (Å²) < 4.78 is 0. The van der Waals surface area contributed by atoms with Crippen LogP contribution in [0.25, 0.3) is 0 Å². The molecule has 1 amide bonds. The summed E-state index contributed by atoms with van der Waals surface area (Å²) in [6, 6.07) is 5.29. The van der Waals surface area contributed by atoms with Gasteiger partial charge in [-0.25, -0.2) is 0 Å². The van der Waals surface area contributed by atoms with Crippen LogP contribution in [0, 0.1) is 0 Å². The fraction of sp³-hybridized carbons (Fsp3) is 0.500.